The second kappa shape index (κ2) is 4.38. The highest BCUT2D eigenvalue weighted by atomic mass is 32.1. The monoisotopic (exact) mass is 258 g/mol. The highest BCUT2D eigenvalue weighted by Crippen LogP contribution is 2.35. The first-order valence-electron chi connectivity index (χ1n) is 4.68. The number of carboxylic acid groups (broad SMARTS) is 1. The van der Waals surface area contributed by atoms with Crippen LogP contribution in [0.4, 0.5) is 8.78 Å². The van der Waals surface area contributed by atoms with E-state index in [2.05, 4.69) is 0 Å². The summed E-state index contributed by atoms with van der Waals surface area (Å²) >= 11 is 0.718. The topological polar surface area (TPSA) is 46.5 Å². The Hall–Kier alpha value is -1.53. The van der Waals surface area contributed by atoms with Crippen LogP contribution >= 0.6 is 11.3 Å². The summed E-state index contributed by atoms with van der Waals surface area (Å²) in [5.74, 6) is -2.48. The van der Waals surface area contributed by atoms with Gasteiger partial charge >= 0.3 is 5.97 Å². The summed E-state index contributed by atoms with van der Waals surface area (Å²) in [4.78, 5) is 10.9. The standard InChI is InChI=1S/C11H8F2O3S/c1-16-4-5-8-6(12)2-3-7(13)10(8)17-9(5)11(14)15/h2-3H,4H2,1H3,(H,14,15). The minimum absolute atomic E-state index is 0.00532. The van der Waals surface area contributed by atoms with E-state index >= 15 is 0 Å². The van der Waals surface area contributed by atoms with Crippen LogP contribution in [0.3, 0.4) is 0 Å². The van der Waals surface area contributed by atoms with Crippen LogP contribution in [0.15, 0.2) is 12.1 Å². The molecule has 0 radical (unpaired) electrons. The fourth-order valence-electron chi connectivity index (χ4n) is 1.65. The Morgan fingerprint density at radius 1 is 1.41 bits per heavy atom. The van der Waals surface area contributed by atoms with Crippen LogP contribution in [0.5, 0.6) is 0 Å². The molecule has 0 fully saturated rings. The van der Waals surface area contributed by atoms with Crippen LogP contribution in [0.2, 0.25) is 0 Å². The van der Waals surface area contributed by atoms with E-state index in [0.717, 1.165) is 23.5 Å². The van der Waals surface area contributed by atoms with Gasteiger partial charge in [-0.1, -0.05) is 0 Å². The van der Waals surface area contributed by atoms with Crippen LogP contribution in [0.25, 0.3) is 10.1 Å². The van der Waals surface area contributed by atoms with Crippen LogP contribution < -0.4 is 0 Å². The van der Waals surface area contributed by atoms with Gasteiger partial charge in [0.05, 0.1) is 11.3 Å². The first-order chi connectivity index (χ1) is 8.06. The van der Waals surface area contributed by atoms with Crippen LogP contribution in [0.1, 0.15) is 15.2 Å². The van der Waals surface area contributed by atoms with E-state index in [0.29, 0.717) is 0 Å². The lowest BCUT2D eigenvalue weighted by Gasteiger charge is -2.01. The number of rotatable bonds is 3. The van der Waals surface area contributed by atoms with E-state index in [1.165, 1.54) is 7.11 Å². The summed E-state index contributed by atoms with van der Waals surface area (Å²) in [6.07, 6.45) is 0. The first-order valence-corrected chi connectivity index (χ1v) is 5.49. The summed E-state index contributed by atoms with van der Waals surface area (Å²) in [7, 11) is 1.37. The Labute approximate surface area is 99.2 Å². The Bertz CT molecular complexity index is 592. The SMILES string of the molecule is COCc1c(C(=O)O)sc2c(F)ccc(F)c12. The molecule has 1 aromatic heterocycles. The molecule has 0 aliphatic heterocycles. The third-order valence-corrected chi connectivity index (χ3v) is 3.55. The van der Waals surface area contributed by atoms with Crippen molar-refractivity contribution in [3.05, 3.63) is 34.2 Å². The van der Waals surface area contributed by atoms with Crippen molar-refractivity contribution in [2.24, 2.45) is 0 Å². The van der Waals surface area contributed by atoms with Gasteiger partial charge in [0, 0.05) is 18.1 Å². The van der Waals surface area contributed by atoms with Gasteiger partial charge in [0.25, 0.3) is 0 Å². The number of hydrogen-bond acceptors (Lipinski definition) is 3. The average Bonchev–Trinajstić information content (AvgIpc) is 2.65. The fraction of sp³-hybridized carbons (Fsp3) is 0.182. The van der Waals surface area contributed by atoms with Crippen molar-refractivity contribution in [2.45, 2.75) is 6.61 Å². The molecule has 17 heavy (non-hydrogen) atoms. The van der Waals surface area contributed by atoms with Gasteiger partial charge in [-0.25, -0.2) is 13.6 Å². The van der Waals surface area contributed by atoms with Gasteiger partial charge in [-0.2, -0.15) is 0 Å². The van der Waals surface area contributed by atoms with Crippen LogP contribution in [-0.4, -0.2) is 18.2 Å². The predicted octanol–water partition coefficient (Wildman–Crippen LogP) is 3.02. The molecule has 0 unspecified atom stereocenters. The molecular weight excluding hydrogens is 250 g/mol. The second-order valence-corrected chi connectivity index (χ2v) is 4.40. The lowest BCUT2D eigenvalue weighted by atomic mass is 10.1. The fourth-order valence-corrected chi connectivity index (χ4v) is 2.71. The van der Waals surface area contributed by atoms with Crippen LogP contribution in [-0.2, 0) is 11.3 Å². The van der Waals surface area contributed by atoms with Crippen LogP contribution in [0, 0.1) is 11.6 Å². The summed E-state index contributed by atoms with van der Waals surface area (Å²) in [5, 5.41) is 8.98. The van der Waals surface area contributed by atoms with Crippen molar-refractivity contribution in [3.8, 4) is 0 Å². The second-order valence-electron chi connectivity index (χ2n) is 3.38. The van der Waals surface area contributed by atoms with Crippen molar-refractivity contribution in [1.29, 1.82) is 0 Å². The average molecular weight is 258 g/mol. The van der Waals surface area contributed by atoms with Gasteiger partial charge in [0.1, 0.15) is 16.5 Å². The summed E-state index contributed by atoms with van der Waals surface area (Å²) in [6, 6.07) is 1.96. The van der Waals surface area contributed by atoms with Crippen molar-refractivity contribution in [3.63, 3.8) is 0 Å². The molecule has 1 heterocycles. The molecule has 1 aromatic carbocycles. The molecule has 0 atom stereocenters. The summed E-state index contributed by atoms with van der Waals surface area (Å²) in [6.45, 7) is -0.0675. The maximum absolute atomic E-state index is 13.6. The van der Waals surface area contributed by atoms with Crippen molar-refractivity contribution in [2.75, 3.05) is 7.11 Å². The van der Waals surface area contributed by atoms with E-state index in [9.17, 15) is 13.6 Å². The number of methoxy groups -OCH3 is 1. The van der Waals surface area contributed by atoms with E-state index in [4.69, 9.17) is 9.84 Å². The van der Waals surface area contributed by atoms with Gasteiger partial charge in [0.2, 0.25) is 0 Å². The number of fused-ring (bicyclic) bond motifs is 1. The Morgan fingerprint density at radius 2 is 2.06 bits per heavy atom. The van der Waals surface area contributed by atoms with Gasteiger partial charge in [-0.05, 0) is 12.1 Å². The number of carbonyl (C=O) groups is 1. The van der Waals surface area contributed by atoms with Gasteiger partial charge in [0.15, 0.2) is 0 Å². The number of hydrogen-bond donors (Lipinski definition) is 1. The molecule has 6 heteroatoms. The zero-order chi connectivity index (χ0) is 12.6. The quantitative estimate of drug-likeness (QED) is 0.920. The number of halogens is 2. The molecule has 0 saturated carbocycles. The minimum Gasteiger partial charge on any atom is -0.477 e. The molecule has 0 saturated heterocycles. The molecule has 0 bridgehead atoms. The molecule has 0 aliphatic carbocycles. The number of carboxylic acids is 1. The number of thiophene rings is 1. The molecule has 0 amide bonds. The van der Waals surface area contributed by atoms with Gasteiger partial charge in [-0.3, -0.25) is 0 Å². The molecule has 3 nitrogen and oxygen atoms in total. The Morgan fingerprint density at radius 3 is 2.65 bits per heavy atom. The molecule has 2 aromatic rings. The summed E-state index contributed by atoms with van der Waals surface area (Å²) < 4.78 is 31.9. The molecule has 1 N–H and O–H groups in total. The Kier molecular flexibility index (Phi) is 3.08. The van der Waals surface area contributed by atoms with E-state index < -0.39 is 17.6 Å². The highest BCUT2D eigenvalue weighted by molar-refractivity contribution is 7.21. The molecule has 0 spiro atoms. The smallest absolute Gasteiger partial charge is 0.346 e. The van der Waals surface area contributed by atoms with Crippen molar-refractivity contribution in [1.82, 2.24) is 0 Å². The number of aromatic carboxylic acids is 1. The first kappa shape index (κ1) is 11.9. The third kappa shape index (κ3) is 1.89. The highest BCUT2D eigenvalue weighted by Gasteiger charge is 2.22. The summed E-state index contributed by atoms with van der Waals surface area (Å²) in [5.41, 5.74) is 0.178. The van der Waals surface area contributed by atoms with Crippen molar-refractivity contribution < 1.29 is 23.4 Å². The molecule has 2 rings (SSSR count). The van der Waals surface area contributed by atoms with Gasteiger partial charge in [-0.15, -0.1) is 11.3 Å². The van der Waals surface area contributed by atoms with E-state index in [1.807, 2.05) is 0 Å². The minimum atomic E-state index is -1.21. The van der Waals surface area contributed by atoms with E-state index in [1.54, 1.807) is 0 Å². The zero-order valence-electron chi connectivity index (χ0n) is 8.79. The van der Waals surface area contributed by atoms with E-state index in [-0.39, 0.29) is 27.1 Å². The predicted molar refractivity (Wildman–Crippen MR) is 59.4 cm³/mol. The number of ether oxygens (including phenoxy) is 1. The zero-order valence-corrected chi connectivity index (χ0v) is 9.61. The van der Waals surface area contributed by atoms with Crippen molar-refractivity contribution >= 4 is 27.4 Å². The maximum Gasteiger partial charge on any atom is 0.346 e. The maximum atomic E-state index is 13.6. The third-order valence-electron chi connectivity index (χ3n) is 2.32. The lowest BCUT2D eigenvalue weighted by molar-refractivity contribution is 0.0698. The molecule has 0 aliphatic rings. The molecule has 90 valence electrons. The number of benzene rings is 1. The van der Waals surface area contributed by atoms with Gasteiger partial charge < -0.3 is 9.84 Å². The Balaban J connectivity index is 2.84. The lowest BCUT2D eigenvalue weighted by Crippen LogP contribution is -1.99. The molecular formula is C11H8F2O3S. The largest absolute Gasteiger partial charge is 0.477 e. The normalized spacial score (nSPS) is 11.0.